The van der Waals surface area contributed by atoms with Gasteiger partial charge in [-0.15, -0.1) is 0 Å². The van der Waals surface area contributed by atoms with E-state index >= 15 is 0 Å². The standard InChI is InChI=1S/C16H26N2O/c1-4-5-10-18-11-6-7-15(18)14-8-9-16(17-12-14)19-13(2)3/h8-9,12-13,15H,4-7,10-11H2,1-3H3/t15-/m1/s1. The van der Waals surface area contributed by atoms with Crippen LogP contribution in [0.2, 0.25) is 0 Å². The number of aromatic nitrogens is 1. The summed E-state index contributed by atoms with van der Waals surface area (Å²) in [6.45, 7) is 8.75. The minimum atomic E-state index is 0.186. The monoisotopic (exact) mass is 262 g/mol. The molecule has 3 nitrogen and oxygen atoms in total. The number of ether oxygens (including phenoxy) is 1. The number of hydrogen-bond acceptors (Lipinski definition) is 3. The van der Waals surface area contributed by atoms with Crippen LogP contribution in [0.5, 0.6) is 5.88 Å². The second kappa shape index (κ2) is 6.90. The van der Waals surface area contributed by atoms with Crippen LogP contribution in [-0.4, -0.2) is 29.1 Å². The molecule has 0 bridgehead atoms. The molecule has 1 aromatic rings. The average Bonchev–Trinajstić information content (AvgIpc) is 2.85. The molecule has 1 saturated heterocycles. The molecule has 3 heteroatoms. The third kappa shape index (κ3) is 3.93. The van der Waals surface area contributed by atoms with E-state index in [-0.39, 0.29) is 6.10 Å². The van der Waals surface area contributed by atoms with Crippen LogP contribution in [0.3, 0.4) is 0 Å². The van der Waals surface area contributed by atoms with Gasteiger partial charge in [-0.25, -0.2) is 4.98 Å². The highest BCUT2D eigenvalue weighted by molar-refractivity contribution is 5.21. The third-order valence-corrected chi connectivity index (χ3v) is 3.66. The fourth-order valence-corrected chi connectivity index (χ4v) is 2.73. The van der Waals surface area contributed by atoms with Crippen molar-refractivity contribution in [2.45, 2.75) is 58.6 Å². The average molecular weight is 262 g/mol. The molecule has 2 rings (SSSR count). The Kier molecular flexibility index (Phi) is 5.20. The Bertz CT molecular complexity index is 375. The van der Waals surface area contributed by atoms with E-state index in [4.69, 9.17) is 4.74 Å². The molecule has 1 aliphatic rings. The summed E-state index contributed by atoms with van der Waals surface area (Å²) in [4.78, 5) is 7.03. The summed E-state index contributed by atoms with van der Waals surface area (Å²) >= 11 is 0. The largest absolute Gasteiger partial charge is 0.475 e. The molecule has 0 aliphatic carbocycles. The number of likely N-dealkylation sites (tertiary alicyclic amines) is 1. The van der Waals surface area contributed by atoms with Gasteiger partial charge in [-0.1, -0.05) is 19.4 Å². The quantitative estimate of drug-likeness (QED) is 0.779. The second-order valence-corrected chi connectivity index (χ2v) is 5.64. The molecule has 2 heterocycles. The van der Waals surface area contributed by atoms with E-state index in [2.05, 4.69) is 22.9 Å². The highest BCUT2D eigenvalue weighted by Crippen LogP contribution is 2.32. The Labute approximate surface area is 117 Å². The van der Waals surface area contributed by atoms with Gasteiger partial charge < -0.3 is 4.74 Å². The van der Waals surface area contributed by atoms with Crippen LogP contribution in [0, 0.1) is 0 Å². The first kappa shape index (κ1) is 14.3. The first-order valence-corrected chi connectivity index (χ1v) is 7.57. The predicted molar refractivity (Wildman–Crippen MR) is 78.5 cm³/mol. The van der Waals surface area contributed by atoms with Gasteiger partial charge in [0.05, 0.1) is 6.10 Å². The molecule has 0 spiro atoms. The molecule has 1 fully saturated rings. The van der Waals surface area contributed by atoms with Gasteiger partial charge in [0.25, 0.3) is 0 Å². The second-order valence-electron chi connectivity index (χ2n) is 5.64. The van der Waals surface area contributed by atoms with Crippen LogP contribution in [-0.2, 0) is 0 Å². The molecule has 0 aromatic carbocycles. The summed E-state index contributed by atoms with van der Waals surface area (Å²) in [7, 11) is 0. The molecule has 1 atom stereocenters. The van der Waals surface area contributed by atoms with Crippen LogP contribution in [0.15, 0.2) is 18.3 Å². The lowest BCUT2D eigenvalue weighted by Crippen LogP contribution is -2.24. The van der Waals surface area contributed by atoms with Crippen molar-refractivity contribution < 1.29 is 4.74 Å². The molecular weight excluding hydrogens is 236 g/mol. The van der Waals surface area contributed by atoms with E-state index in [1.165, 1.54) is 44.3 Å². The predicted octanol–water partition coefficient (Wildman–Crippen LogP) is 3.81. The smallest absolute Gasteiger partial charge is 0.213 e. The Morgan fingerprint density at radius 1 is 1.42 bits per heavy atom. The number of unbranched alkanes of at least 4 members (excludes halogenated alkanes) is 1. The van der Waals surface area contributed by atoms with E-state index in [0.29, 0.717) is 6.04 Å². The van der Waals surface area contributed by atoms with Gasteiger partial charge in [0.15, 0.2) is 0 Å². The summed E-state index contributed by atoms with van der Waals surface area (Å²) < 4.78 is 5.60. The van der Waals surface area contributed by atoms with Crippen molar-refractivity contribution in [1.29, 1.82) is 0 Å². The van der Waals surface area contributed by atoms with Crippen LogP contribution in [0.4, 0.5) is 0 Å². The van der Waals surface area contributed by atoms with Gasteiger partial charge in [0.2, 0.25) is 5.88 Å². The Morgan fingerprint density at radius 2 is 2.26 bits per heavy atom. The molecule has 0 saturated carbocycles. The molecule has 0 amide bonds. The van der Waals surface area contributed by atoms with E-state index in [0.717, 1.165) is 5.88 Å². The van der Waals surface area contributed by atoms with Gasteiger partial charge in [0.1, 0.15) is 0 Å². The maximum Gasteiger partial charge on any atom is 0.213 e. The van der Waals surface area contributed by atoms with Gasteiger partial charge in [-0.3, -0.25) is 4.90 Å². The Balaban J connectivity index is 2.00. The lowest BCUT2D eigenvalue weighted by molar-refractivity contribution is 0.231. The normalized spacial score (nSPS) is 20.1. The van der Waals surface area contributed by atoms with Gasteiger partial charge in [-0.2, -0.15) is 0 Å². The molecule has 106 valence electrons. The molecule has 1 aromatic heterocycles. The third-order valence-electron chi connectivity index (χ3n) is 3.66. The minimum Gasteiger partial charge on any atom is -0.475 e. The first-order valence-electron chi connectivity index (χ1n) is 7.57. The van der Waals surface area contributed by atoms with Gasteiger partial charge >= 0.3 is 0 Å². The molecule has 0 N–H and O–H groups in total. The van der Waals surface area contributed by atoms with Crippen molar-refractivity contribution in [2.24, 2.45) is 0 Å². The topological polar surface area (TPSA) is 25.4 Å². The van der Waals surface area contributed by atoms with Crippen LogP contribution >= 0.6 is 0 Å². The number of hydrogen-bond donors (Lipinski definition) is 0. The van der Waals surface area contributed by atoms with Crippen LogP contribution in [0.25, 0.3) is 0 Å². The summed E-state index contributed by atoms with van der Waals surface area (Å²) in [6, 6.07) is 4.75. The maximum absolute atomic E-state index is 5.60. The molecule has 0 radical (unpaired) electrons. The van der Waals surface area contributed by atoms with Crippen molar-refractivity contribution in [3.05, 3.63) is 23.9 Å². The van der Waals surface area contributed by atoms with Crippen molar-refractivity contribution in [2.75, 3.05) is 13.1 Å². The van der Waals surface area contributed by atoms with E-state index in [9.17, 15) is 0 Å². The zero-order valence-corrected chi connectivity index (χ0v) is 12.4. The summed E-state index contributed by atoms with van der Waals surface area (Å²) in [5.41, 5.74) is 1.34. The lowest BCUT2D eigenvalue weighted by Gasteiger charge is -2.24. The molecule has 1 aliphatic heterocycles. The fraction of sp³-hybridized carbons (Fsp3) is 0.688. The van der Waals surface area contributed by atoms with Gasteiger partial charge in [-0.05, 0) is 51.8 Å². The van der Waals surface area contributed by atoms with Crippen molar-refractivity contribution in [1.82, 2.24) is 9.88 Å². The lowest BCUT2D eigenvalue weighted by atomic mass is 10.1. The van der Waals surface area contributed by atoms with E-state index in [1.54, 1.807) is 0 Å². The van der Waals surface area contributed by atoms with Crippen LogP contribution in [0.1, 0.15) is 58.1 Å². The first-order chi connectivity index (χ1) is 9.20. The summed E-state index contributed by atoms with van der Waals surface area (Å²) in [6.07, 6.45) is 7.30. The van der Waals surface area contributed by atoms with Crippen molar-refractivity contribution >= 4 is 0 Å². The molecule has 19 heavy (non-hydrogen) atoms. The van der Waals surface area contributed by atoms with E-state index < -0.39 is 0 Å². The fourth-order valence-electron chi connectivity index (χ4n) is 2.73. The number of rotatable bonds is 6. The summed E-state index contributed by atoms with van der Waals surface area (Å²) in [5.74, 6) is 0.733. The number of nitrogens with zero attached hydrogens (tertiary/aromatic N) is 2. The van der Waals surface area contributed by atoms with Crippen LogP contribution < -0.4 is 4.74 Å². The Hall–Kier alpha value is -1.09. The highest BCUT2D eigenvalue weighted by Gasteiger charge is 2.25. The number of pyridine rings is 1. The zero-order chi connectivity index (χ0) is 13.7. The van der Waals surface area contributed by atoms with E-state index in [1.807, 2.05) is 26.1 Å². The molecule has 0 unspecified atom stereocenters. The van der Waals surface area contributed by atoms with Gasteiger partial charge in [0, 0.05) is 18.3 Å². The Morgan fingerprint density at radius 3 is 2.89 bits per heavy atom. The minimum absolute atomic E-state index is 0.186. The molecular formula is C16H26N2O. The SMILES string of the molecule is CCCCN1CCC[C@@H]1c1ccc(OC(C)C)nc1. The maximum atomic E-state index is 5.60. The van der Waals surface area contributed by atoms with Crippen molar-refractivity contribution in [3.63, 3.8) is 0 Å². The summed E-state index contributed by atoms with van der Waals surface area (Å²) in [5, 5.41) is 0. The highest BCUT2D eigenvalue weighted by atomic mass is 16.5. The van der Waals surface area contributed by atoms with Crippen molar-refractivity contribution in [3.8, 4) is 5.88 Å². The zero-order valence-electron chi connectivity index (χ0n) is 12.4.